The van der Waals surface area contributed by atoms with E-state index >= 15 is 0 Å². The first-order chi connectivity index (χ1) is 8.86. The van der Waals surface area contributed by atoms with E-state index in [0.29, 0.717) is 0 Å². The van der Waals surface area contributed by atoms with E-state index in [-0.39, 0.29) is 11.5 Å². The number of hydrogen-bond donors (Lipinski definition) is 1. The summed E-state index contributed by atoms with van der Waals surface area (Å²) < 4.78 is 6.05. The van der Waals surface area contributed by atoms with Gasteiger partial charge < -0.3 is 10.2 Å². The first kappa shape index (κ1) is 14.1. The minimum absolute atomic E-state index is 0.00899. The van der Waals surface area contributed by atoms with Gasteiger partial charge in [0.2, 0.25) is 0 Å². The van der Waals surface area contributed by atoms with Crippen molar-refractivity contribution in [1.82, 2.24) is 0 Å². The van der Waals surface area contributed by atoms with Crippen molar-refractivity contribution in [2.45, 2.75) is 58.9 Å². The monoisotopic (exact) mass is 259 g/mol. The molecule has 2 aromatic rings. The fourth-order valence-electron chi connectivity index (χ4n) is 2.38. The zero-order chi connectivity index (χ0) is 14.2. The molecular formula is C17H25NO. The Morgan fingerprint density at radius 1 is 1.16 bits per heavy atom. The second-order valence-electron chi connectivity index (χ2n) is 6.33. The predicted octanol–water partition coefficient (Wildman–Crippen LogP) is 4.70. The fraction of sp³-hybridized carbons (Fsp3) is 0.529. The molecule has 1 aromatic carbocycles. The largest absolute Gasteiger partial charge is 0.459 e. The van der Waals surface area contributed by atoms with Gasteiger partial charge in [-0.3, -0.25) is 0 Å². The van der Waals surface area contributed by atoms with Gasteiger partial charge in [0.1, 0.15) is 11.3 Å². The molecule has 0 bridgehead atoms. The standard InChI is InChI=1S/C17H25NO/c1-6-11-8-12-10-15(14(18)7-2)19-16(12)13(9-11)17(3,4)5/h8-10,14H,6-7,18H2,1-5H3. The molecule has 0 aliphatic carbocycles. The van der Waals surface area contributed by atoms with Gasteiger partial charge in [-0.2, -0.15) is 0 Å². The molecule has 19 heavy (non-hydrogen) atoms. The van der Waals surface area contributed by atoms with Gasteiger partial charge in [0, 0.05) is 10.9 Å². The van der Waals surface area contributed by atoms with Gasteiger partial charge in [-0.25, -0.2) is 0 Å². The van der Waals surface area contributed by atoms with E-state index in [4.69, 9.17) is 10.2 Å². The molecule has 2 heteroatoms. The van der Waals surface area contributed by atoms with Crippen LogP contribution in [0.4, 0.5) is 0 Å². The summed E-state index contributed by atoms with van der Waals surface area (Å²) in [5.41, 5.74) is 9.81. The Balaban J connectivity index is 2.68. The minimum Gasteiger partial charge on any atom is -0.459 e. The molecule has 1 heterocycles. The van der Waals surface area contributed by atoms with Crippen LogP contribution in [0.3, 0.4) is 0 Å². The number of fused-ring (bicyclic) bond motifs is 1. The summed E-state index contributed by atoms with van der Waals surface area (Å²) in [5.74, 6) is 0.899. The number of rotatable bonds is 3. The molecule has 0 saturated carbocycles. The summed E-state index contributed by atoms with van der Waals surface area (Å²) in [4.78, 5) is 0. The van der Waals surface area contributed by atoms with Gasteiger partial charge in [-0.1, -0.05) is 40.7 Å². The van der Waals surface area contributed by atoms with Gasteiger partial charge in [0.25, 0.3) is 0 Å². The molecule has 1 aromatic heterocycles. The average Bonchev–Trinajstić information content (AvgIpc) is 2.78. The average molecular weight is 259 g/mol. The maximum absolute atomic E-state index is 6.09. The molecule has 2 rings (SSSR count). The Hall–Kier alpha value is -1.28. The van der Waals surface area contributed by atoms with Crippen LogP contribution >= 0.6 is 0 Å². The number of furan rings is 1. The zero-order valence-electron chi connectivity index (χ0n) is 12.7. The molecule has 0 aliphatic rings. The van der Waals surface area contributed by atoms with Crippen molar-refractivity contribution >= 4 is 11.0 Å². The summed E-state index contributed by atoms with van der Waals surface area (Å²) in [7, 11) is 0. The summed E-state index contributed by atoms with van der Waals surface area (Å²) in [6.07, 6.45) is 1.94. The first-order valence-corrected chi connectivity index (χ1v) is 7.19. The quantitative estimate of drug-likeness (QED) is 0.867. The maximum Gasteiger partial charge on any atom is 0.138 e. The number of nitrogens with two attached hydrogens (primary N) is 1. The minimum atomic E-state index is -0.00899. The lowest BCUT2D eigenvalue weighted by molar-refractivity contribution is 0.478. The normalized spacial score (nSPS) is 14.0. The number of aryl methyl sites for hydroxylation is 1. The van der Waals surface area contributed by atoms with Crippen LogP contribution < -0.4 is 5.73 Å². The van der Waals surface area contributed by atoms with Gasteiger partial charge >= 0.3 is 0 Å². The summed E-state index contributed by atoms with van der Waals surface area (Å²) in [5, 5.41) is 1.18. The highest BCUT2D eigenvalue weighted by Gasteiger charge is 2.21. The highest BCUT2D eigenvalue weighted by atomic mass is 16.3. The Labute approximate surface area is 116 Å². The smallest absolute Gasteiger partial charge is 0.138 e. The lowest BCUT2D eigenvalue weighted by atomic mass is 9.85. The zero-order valence-corrected chi connectivity index (χ0v) is 12.7. The van der Waals surface area contributed by atoms with Gasteiger partial charge in [-0.15, -0.1) is 0 Å². The molecule has 104 valence electrons. The molecular weight excluding hydrogens is 234 g/mol. The Bertz CT molecular complexity index is 575. The second-order valence-corrected chi connectivity index (χ2v) is 6.33. The molecule has 0 radical (unpaired) electrons. The molecule has 1 unspecified atom stereocenters. The molecule has 0 saturated heterocycles. The Morgan fingerprint density at radius 3 is 2.37 bits per heavy atom. The summed E-state index contributed by atoms with van der Waals surface area (Å²) >= 11 is 0. The topological polar surface area (TPSA) is 39.2 Å². The molecule has 0 aliphatic heterocycles. The van der Waals surface area contributed by atoms with E-state index in [9.17, 15) is 0 Å². The van der Waals surface area contributed by atoms with E-state index in [1.54, 1.807) is 0 Å². The fourth-order valence-corrected chi connectivity index (χ4v) is 2.38. The number of hydrogen-bond acceptors (Lipinski definition) is 2. The van der Waals surface area contributed by atoms with E-state index in [2.05, 4.69) is 52.8 Å². The molecule has 1 atom stereocenters. The first-order valence-electron chi connectivity index (χ1n) is 7.19. The second kappa shape index (κ2) is 5.01. The molecule has 2 N–H and O–H groups in total. The van der Waals surface area contributed by atoms with Crippen LogP contribution in [0.15, 0.2) is 22.6 Å². The van der Waals surface area contributed by atoms with Crippen LogP contribution in [0, 0.1) is 0 Å². The third-order valence-corrected chi connectivity index (χ3v) is 3.72. The van der Waals surface area contributed by atoms with Crippen LogP contribution in [0.25, 0.3) is 11.0 Å². The van der Waals surface area contributed by atoms with Crippen LogP contribution in [0.1, 0.15) is 64.0 Å². The highest BCUT2D eigenvalue weighted by Crippen LogP contribution is 2.34. The Morgan fingerprint density at radius 2 is 1.84 bits per heavy atom. The van der Waals surface area contributed by atoms with Crippen molar-refractivity contribution in [2.75, 3.05) is 0 Å². The maximum atomic E-state index is 6.09. The van der Waals surface area contributed by atoms with E-state index in [1.807, 2.05) is 0 Å². The summed E-state index contributed by atoms with van der Waals surface area (Å²) in [6, 6.07) is 6.59. The third kappa shape index (κ3) is 2.69. The molecule has 0 amide bonds. The lowest BCUT2D eigenvalue weighted by Gasteiger charge is -2.20. The van der Waals surface area contributed by atoms with Crippen molar-refractivity contribution in [3.63, 3.8) is 0 Å². The van der Waals surface area contributed by atoms with Crippen molar-refractivity contribution in [3.05, 3.63) is 35.1 Å². The van der Waals surface area contributed by atoms with E-state index in [0.717, 1.165) is 24.2 Å². The van der Waals surface area contributed by atoms with Gasteiger partial charge in [-0.05, 0) is 36.0 Å². The SMILES string of the molecule is CCc1cc(C(C)(C)C)c2oc(C(N)CC)cc2c1. The van der Waals surface area contributed by atoms with Crippen LogP contribution in [0.2, 0.25) is 0 Å². The van der Waals surface area contributed by atoms with Crippen molar-refractivity contribution in [3.8, 4) is 0 Å². The van der Waals surface area contributed by atoms with Gasteiger partial charge in [0.15, 0.2) is 0 Å². The van der Waals surface area contributed by atoms with E-state index < -0.39 is 0 Å². The number of benzene rings is 1. The third-order valence-electron chi connectivity index (χ3n) is 3.72. The van der Waals surface area contributed by atoms with Crippen LogP contribution in [-0.4, -0.2) is 0 Å². The van der Waals surface area contributed by atoms with Crippen LogP contribution in [0.5, 0.6) is 0 Å². The lowest BCUT2D eigenvalue weighted by Crippen LogP contribution is -2.12. The summed E-state index contributed by atoms with van der Waals surface area (Å²) in [6.45, 7) is 10.9. The van der Waals surface area contributed by atoms with E-state index in [1.165, 1.54) is 16.5 Å². The van der Waals surface area contributed by atoms with Crippen molar-refractivity contribution in [1.29, 1.82) is 0 Å². The highest BCUT2D eigenvalue weighted by molar-refractivity contribution is 5.83. The molecule has 0 spiro atoms. The van der Waals surface area contributed by atoms with Crippen molar-refractivity contribution in [2.24, 2.45) is 5.73 Å². The molecule has 2 nitrogen and oxygen atoms in total. The van der Waals surface area contributed by atoms with Crippen molar-refractivity contribution < 1.29 is 4.42 Å². The molecule has 0 fully saturated rings. The predicted molar refractivity (Wildman–Crippen MR) is 81.5 cm³/mol. The Kier molecular flexibility index (Phi) is 3.73. The van der Waals surface area contributed by atoms with Crippen LogP contribution in [-0.2, 0) is 11.8 Å². The van der Waals surface area contributed by atoms with Gasteiger partial charge in [0.05, 0.1) is 6.04 Å².